The molecule has 6 nitrogen and oxygen atoms in total. The first-order chi connectivity index (χ1) is 8.97. The average molecular weight is 293 g/mol. The zero-order valence-electron chi connectivity index (χ0n) is 12.2. The summed E-state index contributed by atoms with van der Waals surface area (Å²) < 4.78 is 33.3. The minimum absolute atomic E-state index is 0.112. The van der Waals surface area contributed by atoms with Crippen LogP contribution >= 0.6 is 0 Å². The quantitative estimate of drug-likeness (QED) is 0.737. The largest absolute Gasteiger partial charge is 0.381 e. The lowest BCUT2D eigenvalue weighted by Gasteiger charge is -2.39. The van der Waals surface area contributed by atoms with Gasteiger partial charge in [-0.2, -0.15) is 17.0 Å². The molecular formula is C12H27N3O3S. The predicted octanol–water partition coefficient (Wildman–Crippen LogP) is 0.401. The van der Waals surface area contributed by atoms with Crippen LogP contribution in [0.4, 0.5) is 0 Å². The summed E-state index contributed by atoms with van der Waals surface area (Å²) in [7, 11) is -0.0938. The van der Waals surface area contributed by atoms with Crippen molar-refractivity contribution in [3.8, 4) is 0 Å². The van der Waals surface area contributed by atoms with Crippen molar-refractivity contribution >= 4 is 10.2 Å². The van der Waals surface area contributed by atoms with Crippen LogP contribution in [0.15, 0.2) is 0 Å². The molecule has 1 aliphatic rings. The lowest BCUT2D eigenvalue weighted by molar-refractivity contribution is 0.0386. The monoisotopic (exact) mass is 293 g/mol. The summed E-state index contributed by atoms with van der Waals surface area (Å²) in [6, 6.07) is -0.159. The zero-order valence-corrected chi connectivity index (χ0v) is 13.0. The van der Waals surface area contributed by atoms with E-state index in [-0.39, 0.29) is 12.1 Å². The SMILES string of the molecule is CCCCN(C)S(=O)(=O)N1CCC(OC)CC1CN. The standard InChI is InChI=1S/C12H27N3O3S/c1-4-5-7-14(2)19(16,17)15-8-6-12(18-3)9-11(15)10-13/h11-12H,4-10,13H2,1-3H3. The fourth-order valence-corrected chi connectivity index (χ4v) is 4.00. The van der Waals surface area contributed by atoms with E-state index in [1.807, 2.05) is 6.92 Å². The molecule has 0 aromatic rings. The van der Waals surface area contributed by atoms with E-state index in [0.717, 1.165) is 19.3 Å². The summed E-state index contributed by atoms with van der Waals surface area (Å²) in [6.07, 6.45) is 3.37. The van der Waals surface area contributed by atoms with Crippen LogP contribution in [0.1, 0.15) is 32.6 Å². The van der Waals surface area contributed by atoms with Crippen LogP contribution in [0.3, 0.4) is 0 Å². The molecule has 0 saturated carbocycles. The van der Waals surface area contributed by atoms with Crippen molar-refractivity contribution in [3.63, 3.8) is 0 Å². The molecule has 2 unspecified atom stereocenters. The number of hydrogen-bond donors (Lipinski definition) is 1. The van der Waals surface area contributed by atoms with Crippen molar-refractivity contribution in [1.29, 1.82) is 0 Å². The number of nitrogens with two attached hydrogens (primary N) is 1. The minimum Gasteiger partial charge on any atom is -0.381 e. The average Bonchev–Trinajstić information content (AvgIpc) is 2.43. The lowest BCUT2D eigenvalue weighted by atomic mass is 10.0. The summed E-state index contributed by atoms with van der Waals surface area (Å²) in [5.74, 6) is 0. The Bertz CT molecular complexity index is 361. The molecule has 7 heteroatoms. The Morgan fingerprint density at radius 1 is 1.47 bits per heavy atom. The predicted molar refractivity (Wildman–Crippen MR) is 76.0 cm³/mol. The van der Waals surface area contributed by atoms with Crippen molar-refractivity contribution in [3.05, 3.63) is 0 Å². The van der Waals surface area contributed by atoms with Crippen molar-refractivity contribution in [1.82, 2.24) is 8.61 Å². The van der Waals surface area contributed by atoms with Crippen LogP contribution in [0.5, 0.6) is 0 Å². The third-order valence-corrected chi connectivity index (χ3v) is 5.78. The van der Waals surface area contributed by atoms with Gasteiger partial charge in [-0.15, -0.1) is 0 Å². The van der Waals surface area contributed by atoms with Gasteiger partial charge in [0.15, 0.2) is 0 Å². The first kappa shape index (κ1) is 16.8. The van der Waals surface area contributed by atoms with Gasteiger partial charge in [0, 0.05) is 39.8 Å². The highest BCUT2D eigenvalue weighted by molar-refractivity contribution is 7.86. The number of piperidine rings is 1. The normalized spacial score (nSPS) is 25.9. The third kappa shape index (κ3) is 4.13. The van der Waals surface area contributed by atoms with Gasteiger partial charge in [0.1, 0.15) is 0 Å². The van der Waals surface area contributed by atoms with Gasteiger partial charge in [-0.1, -0.05) is 13.3 Å². The Labute approximate surface area is 117 Å². The molecule has 0 amide bonds. The van der Waals surface area contributed by atoms with Gasteiger partial charge in [-0.3, -0.25) is 0 Å². The van der Waals surface area contributed by atoms with Crippen LogP contribution in [-0.4, -0.2) is 63.0 Å². The van der Waals surface area contributed by atoms with Crippen molar-refractivity contribution < 1.29 is 13.2 Å². The van der Waals surface area contributed by atoms with Gasteiger partial charge >= 0.3 is 0 Å². The third-order valence-electron chi connectivity index (χ3n) is 3.74. The molecule has 0 spiro atoms. The molecule has 2 atom stereocenters. The van der Waals surface area contributed by atoms with E-state index < -0.39 is 10.2 Å². The van der Waals surface area contributed by atoms with E-state index >= 15 is 0 Å². The maximum Gasteiger partial charge on any atom is 0.282 e. The summed E-state index contributed by atoms with van der Waals surface area (Å²) in [4.78, 5) is 0. The van der Waals surface area contributed by atoms with Gasteiger partial charge in [-0.05, 0) is 19.3 Å². The zero-order chi connectivity index (χ0) is 14.5. The van der Waals surface area contributed by atoms with E-state index in [2.05, 4.69) is 0 Å². The first-order valence-corrected chi connectivity index (χ1v) is 8.33. The maximum atomic E-state index is 12.5. The highest BCUT2D eigenvalue weighted by Crippen LogP contribution is 2.23. The van der Waals surface area contributed by atoms with E-state index in [0.29, 0.717) is 26.1 Å². The summed E-state index contributed by atoms with van der Waals surface area (Å²) in [5.41, 5.74) is 5.73. The molecule has 0 bridgehead atoms. The van der Waals surface area contributed by atoms with Crippen LogP contribution in [0.25, 0.3) is 0 Å². The second kappa shape index (κ2) is 7.54. The Morgan fingerprint density at radius 2 is 2.16 bits per heavy atom. The molecule has 0 aromatic heterocycles. The smallest absolute Gasteiger partial charge is 0.282 e. The molecular weight excluding hydrogens is 266 g/mol. The molecule has 2 N–H and O–H groups in total. The molecule has 1 fully saturated rings. The molecule has 0 aromatic carbocycles. The highest BCUT2D eigenvalue weighted by atomic mass is 32.2. The molecule has 1 rings (SSSR count). The van der Waals surface area contributed by atoms with Gasteiger partial charge in [-0.25, -0.2) is 0 Å². The second-order valence-electron chi connectivity index (χ2n) is 5.07. The summed E-state index contributed by atoms with van der Waals surface area (Å²) >= 11 is 0. The van der Waals surface area contributed by atoms with Crippen LogP contribution in [0, 0.1) is 0 Å². The van der Waals surface area contributed by atoms with Crippen molar-refractivity contribution in [2.24, 2.45) is 5.73 Å². The number of methoxy groups -OCH3 is 1. The van der Waals surface area contributed by atoms with Crippen LogP contribution in [0.2, 0.25) is 0 Å². The van der Waals surface area contributed by atoms with Crippen molar-refractivity contribution in [2.45, 2.75) is 44.8 Å². The fourth-order valence-electron chi connectivity index (χ4n) is 2.40. The number of hydrogen-bond acceptors (Lipinski definition) is 4. The number of ether oxygens (including phenoxy) is 1. The van der Waals surface area contributed by atoms with Crippen LogP contribution in [-0.2, 0) is 14.9 Å². The van der Waals surface area contributed by atoms with Gasteiger partial charge in [0.25, 0.3) is 10.2 Å². The molecule has 0 radical (unpaired) electrons. The first-order valence-electron chi connectivity index (χ1n) is 6.93. The van der Waals surface area contributed by atoms with Gasteiger partial charge in [0.05, 0.1) is 6.10 Å². The van der Waals surface area contributed by atoms with E-state index in [9.17, 15) is 8.42 Å². The Morgan fingerprint density at radius 3 is 2.68 bits per heavy atom. The highest BCUT2D eigenvalue weighted by Gasteiger charge is 2.37. The number of rotatable bonds is 7. The number of nitrogens with zero attached hydrogens (tertiary/aromatic N) is 2. The second-order valence-corrected chi connectivity index (χ2v) is 7.05. The fraction of sp³-hybridized carbons (Fsp3) is 1.00. The Kier molecular flexibility index (Phi) is 6.68. The number of unbranched alkanes of at least 4 members (excludes halogenated alkanes) is 1. The summed E-state index contributed by atoms with van der Waals surface area (Å²) in [6.45, 7) is 3.42. The Balaban J connectivity index is 2.76. The topological polar surface area (TPSA) is 75.9 Å². The molecule has 0 aliphatic carbocycles. The molecule has 1 heterocycles. The van der Waals surface area contributed by atoms with E-state index in [4.69, 9.17) is 10.5 Å². The van der Waals surface area contributed by atoms with Crippen LogP contribution < -0.4 is 5.73 Å². The van der Waals surface area contributed by atoms with Crippen molar-refractivity contribution in [2.75, 3.05) is 33.8 Å². The maximum absolute atomic E-state index is 12.5. The van der Waals surface area contributed by atoms with Gasteiger partial charge in [0.2, 0.25) is 0 Å². The lowest BCUT2D eigenvalue weighted by Crippen LogP contribution is -2.54. The molecule has 114 valence electrons. The van der Waals surface area contributed by atoms with Gasteiger partial charge < -0.3 is 10.5 Å². The summed E-state index contributed by atoms with van der Waals surface area (Å²) in [5, 5.41) is 0. The molecule has 1 saturated heterocycles. The molecule has 1 aliphatic heterocycles. The molecule has 19 heavy (non-hydrogen) atoms. The van der Waals surface area contributed by atoms with E-state index in [1.165, 1.54) is 8.61 Å². The van der Waals surface area contributed by atoms with E-state index in [1.54, 1.807) is 14.2 Å². The Hall–Kier alpha value is -0.210. The minimum atomic E-state index is -3.40.